The van der Waals surface area contributed by atoms with Crippen molar-refractivity contribution in [2.75, 3.05) is 9.80 Å². The first-order chi connectivity index (χ1) is 16.5. The molecule has 1 fully saturated rings. The van der Waals surface area contributed by atoms with E-state index >= 15 is 0 Å². The van der Waals surface area contributed by atoms with Crippen LogP contribution in [0.3, 0.4) is 0 Å². The predicted molar refractivity (Wildman–Crippen MR) is 149 cm³/mol. The van der Waals surface area contributed by atoms with E-state index in [4.69, 9.17) is 12.2 Å². The van der Waals surface area contributed by atoms with Crippen molar-refractivity contribution in [3.05, 3.63) is 70.3 Å². The Morgan fingerprint density at radius 2 is 1.77 bits per heavy atom. The molecule has 5 nitrogen and oxygen atoms in total. The molecule has 2 aromatic rings. The fraction of sp³-hybridized carbons (Fsp3) is 0.345. The minimum atomic E-state index is -0.473. The number of anilines is 2. The van der Waals surface area contributed by atoms with Crippen LogP contribution in [0.5, 0.6) is 0 Å². The molecule has 2 aliphatic rings. The highest BCUT2D eigenvalue weighted by Gasteiger charge is 2.36. The average molecular weight is 488 g/mol. The summed E-state index contributed by atoms with van der Waals surface area (Å²) < 4.78 is 0. The molecule has 0 unspecified atom stereocenters. The van der Waals surface area contributed by atoms with Crippen LogP contribution in [0.2, 0.25) is 0 Å². The average Bonchev–Trinajstić information content (AvgIpc) is 2.76. The molecule has 0 bridgehead atoms. The van der Waals surface area contributed by atoms with E-state index in [1.54, 1.807) is 6.08 Å². The Morgan fingerprint density at radius 3 is 2.43 bits per heavy atom. The van der Waals surface area contributed by atoms with Crippen molar-refractivity contribution in [1.29, 1.82) is 0 Å². The first-order valence-corrected chi connectivity index (χ1v) is 12.5. The zero-order chi connectivity index (χ0) is 25.7. The van der Waals surface area contributed by atoms with Gasteiger partial charge in [-0.15, -0.1) is 0 Å². The number of carbonyl (C=O) groups excluding carboxylic acids is 2. The zero-order valence-electron chi connectivity index (χ0n) is 21.5. The summed E-state index contributed by atoms with van der Waals surface area (Å²) in [6, 6.07) is 12.2. The molecule has 6 heteroatoms. The smallest absolute Gasteiger partial charge is 0.270 e. The van der Waals surface area contributed by atoms with Crippen molar-refractivity contribution in [2.24, 2.45) is 0 Å². The van der Waals surface area contributed by atoms with Gasteiger partial charge in [-0.3, -0.25) is 19.8 Å². The second-order valence-electron chi connectivity index (χ2n) is 10.1. The molecule has 2 heterocycles. The molecule has 0 spiro atoms. The molecule has 2 aromatic carbocycles. The maximum atomic E-state index is 13.6. The van der Waals surface area contributed by atoms with Crippen molar-refractivity contribution < 1.29 is 9.59 Å². The molecule has 0 aliphatic carbocycles. The van der Waals surface area contributed by atoms with Gasteiger partial charge in [0.1, 0.15) is 5.57 Å². The third kappa shape index (κ3) is 4.31. The molecule has 182 valence electrons. The van der Waals surface area contributed by atoms with Crippen LogP contribution < -0.4 is 15.1 Å². The van der Waals surface area contributed by atoms with Crippen LogP contribution in [0.4, 0.5) is 11.4 Å². The monoisotopic (exact) mass is 487 g/mol. The summed E-state index contributed by atoms with van der Waals surface area (Å²) in [7, 11) is 0. The first kappa shape index (κ1) is 24.9. The topological polar surface area (TPSA) is 52.7 Å². The highest BCUT2D eigenvalue weighted by Crippen LogP contribution is 2.42. The molecular formula is C29H33N3O2S. The molecule has 1 saturated heterocycles. The van der Waals surface area contributed by atoms with E-state index in [-0.39, 0.29) is 16.2 Å². The van der Waals surface area contributed by atoms with Gasteiger partial charge in [-0.1, -0.05) is 31.2 Å². The van der Waals surface area contributed by atoms with E-state index in [0.29, 0.717) is 11.7 Å². The number of aryl methyl sites for hydroxylation is 2. The number of thiocarbonyl (C=S) groups is 1. The van der Waals surface area contributed by atoms with E-state index in [0.717, 1.165) is 28.7 Å². The van der Waals surface area contributed by atoms with Crippen molar-refractivity contribution >= 4 is 52.2 Å². The number of hydrogen-bond acceptors (Lipinski definition) is 4. The molecule has 0 aromatic heterocycles. The van der Waals surface area contributed by atoms with E-state index in [1.807, 2.05) is 38.1 Å². The second kappa shape index (κ2) is 9.08. The lowest BCUT2D eigenvalue weighted by Crippen LogP contribution is -2.54. The van der Waals surface area contributed by atoms with Gasteiger partial charge < -0.3 is 4.90 Å². The van der Waals surface area contributed by atoms with Gasteiger partial charge >= 0.3 is 0 Å². The maximum Gasteiger partial charge on any atom is 0.270 e. The zero-order valence-corrected chi connectivity index (χ0v) is 22.3. The van der Waals surface area contributed by atoms with Gasteiger partial charge in [0.25, 0.3) is 11.8 Å². The third-order valence-corrected chi connectivity index (χ3v) is 7.08. The van der Waals surface area contributed by atoms with Crippen LogP contribution >= 0.6 is 12.2 Å². The summed E-state index contributed by atoms with van der Waals surface area (Å²) in [6.45, 7) is 15.0. The lowest BCUT2D eigenvalue weighted by Gasteiger charge is -2.46. The SMILES string of the molecule is CCc1ccccc1N1C(=O)/C(=C/c2cc3c(cc2C)N(C(C)C)C(C)(C)C=C3C)C(=O)NC1=S. The summed E-state index contributed by atoms with van der Waals surface area (Å²) in [4.78, 5) is 30.4. The third-order valence-electron chi connectivity index (χ3n) is 6.79. The summed E-state index contributed by atoms with van der Waals surface area (Å²) in [5.41, 5.74) is 6.96. The minimum Gasteiger partial charge on any atom is -0.360 e. The summed E-state index contributed by atoms with van der Waals surface area (Å²) in [5.74, 6) is -0.881. The number of benzene rings is 2. The fourth-order valence-electron chi connectivity index (χ4n) is 5.37. The number of hydrogen-bond donors (Lipinski definition) is 1. The number of allylic oxidation sites excluding steroid dienone is 1. The number of fused-ring (bicyclic) bond motifs is 1. The Bertz CT molecular complexity index is 1300. The van der Waals surface area contributed by atoms with Crippen LogP contribution in [-0.4, -0.2) is 28.5 Å². The van der Waals surface area contributed by atoms with Gasteiger partial charge in [0.15, 0.2) is 5.11 Å². The van der Waals surface area contributed by atoms with Gasteiger partial charge in [0.05, 0.1) is 11.2 Å². The largest absolute Gasteiger partial charge is 0.360 e. The Kier molecular flexibility index (Phi) is 6.45. The molecule has 1 N–H and O–H groups in total. The van der Waals surface area contributed by atoms with Crippen LogP contribution in [0, 0.1) is 6.92 Å². The van der Waals surface area contributed by atoms with Gasteiger partial charge in [0.2, 0.25) is 0 Å². The molecular weight excluding hydrogens is 454 g/mol. The normalized spacial score (nSPS) is 18.7. The van der Waals surface area contributed by atoms with E-state index in [2.05, 4.69) is 63.0 Å². The molecule has 35 heavy (non-hydrogen) atoms. The Morgan fingerprint density at radius 1 is 1.09 bits per heavy atom. The molecule has 0 saturated carbocycles. The Labute approximate surface area is 213 Å². The number of carbonyl (C=O) groups is 2. The Balaban J connectivity index is 1.82. The van der Waals surface area contributed by atoms with Crippen LogP contribution in [0.25, 0.3) is 11.6 Å². The summed E-state index contributed by atoms with van der Waals surface area (Å²) in [5, 5.41) is 2.82. The maximum absolute atomic E-state index is 13.6. The number of nitrogens with zero attached hydrogens (tertiary/aromatic N) is 2. The van der Waals surface area contributed by atoms with Gasteiger partial charge in [-0.25, -0.2) is 0 Å². The standard InChI is InChI=1S/C29H33N3O2S/c1-8-20-11-9-10-12-24(20)31-27(34)23(26(33)30-28(31)35)15-21-14-22-19(5)16-29(6,7)32(17(2)3)25(22)13-18(21)4/h9-17H,8H2,1-7H3,(H,30,33,35)/b23-15+. The lowest BCUT2D eigenvalue weighted by atomic mass is 9.85. The molecule has 2 amide bonds. The number of nitrogens with one attached hydrogen (secondary N) is 1. The van der Waals surface area contributed by atoms with E-state index in [1.165, 1.54) is 16.2 Å². The van der Waals surface area contributed by atoms with Crippen molar-refractivity contribution in [2.45, 2.75) is 66.5 Å². The fourth-order valence-corrected chi connectivity index (χ4v) is 5.64. The van der Waals surface area contributed by atoms with Crippen molar-refractivity contribution in [1.82, 2.24) is 5.32 Å². The molecule has 2 aliphatic heterocycles. The Hall–Kier alpha value is -3.25. The molecule has 4 rings (SSSR count). The molecule has 0 atom stereocenters. The minimum absolute atomic E-state index is 0.0750. The van der Waals surface area contributed by atoms with Crippen LogP contribution in [-0.2, 0) is 16.0 Å². The summed E-state index contributed by atoms with van der Waals surface area (Å²) in [6.07, 6.45) is 4.72. The van der Waals surface area contributed by atoms with E-state index in [9.17, 15) is 9.59 Å². The number of para-hydroxylation sites is 1. The van der Waals surface area contributed by atoms with Gasteiger partial charge in [-0.05, 0) is 107 Å². The predicted octanol–water partition coefficient (Wildman–Crippen LogP) is 5.80. The van der Waals surface area contributed by atoms with Crippen LogP contribution in [0.15, 0.2) is 48.0 Å². The van der Waals surface area contributed by atoms with Crippen molar-refractivity contribution in [3.63, 3.8) is 0 Å². The molecule has 0 radical (unpaired) electrons. The quantitative estimate of drug-likeness (QED) is 0.336. The first-order valence-electron chi connectivity index (χ1n) is 12.1. The van der Waals surface area contributed by atoms with E-state index < -0.39 is 11.8 Å². The number of amides is 2. The van der Waals surface area contributed by atoms with Gasteiger partial charge in [-0.2, -0.15) is 0 Å². The van der Waals surface area contributed by atoms with Crippen LogP contribution in [0.1, 0.15) is 63.8 Å². The second-order valence-corrected chi connectivity index (χ2v) is 10.5. The summed E-state index contributed by atoms with van der Waals surface area (Å²) >= 11 is 5.40. The van der Waals surface area contributed by atoms with Gasteiger partial charge in [0, 0.05) is 17.3 Å². The number of rotatable bonds is 4. The van der Waals surface area contributed by atoms with Crippen molar-refractivity contribution in [3.8, 4) is 0 Å². The highest BCUT2D eigenvalue weighted by molar-refractivity contribution is 7.80. The highest BCUT2D eigenvalue weighted by atomic mass is 32.1. The lowest BCUT2D eigenvalue weighted by molar-refractivity contribution is -0.122.